The summed E-state index contributed by atoms with van der Waals surface area (Å²) in [7, 11) is 3.40. The topological polar surface area (TPSA) is 71.4 Å². The smallest absolute Gasteiger partial charge is 0.266 e. The van der Waals surface area contributed by atoms with E-state index < -0.39 is 0 Å². The number of carbonyl (C=O) groups is 2. The largest absolute Gasteiger partial charge is 0.496 e. The lowest BCUT2D eigenvalue weighted by Gasteiger charge is -2.26. The van der Waals surface area contributed by atoms with Crippen LogP contribution in [-0.4, -0.2) is 67.2 Å². The summed E-state index contributed by atoms with van der Waals surface area (Å²) in [5.74, 6) is 1.02. The summed E-state index contributed by atoms with van der Waals surface area (Å²) in [4.78, 5) is 34.5. The van der Waals surface area contributed by atoms with Gasteiger partial charge in [-0.15, -0.1) is 0 Å². The van der Waals surface area contributed by atoms with Crippen LogP contribution in [0.3, 0.4) is 0 Å². The summed E-state index contributed by atoms with van der Waals surface area (Å²) in [6, 6.07) is 11.3. The van der Waals surface area contributed by atoms with Crippen LogP contribution in [0.1, 0.15) is 46.8 Å². The van der Waals surface area contributed by atoms with Gasteiger partial charge in [0.25, 0.3) is 11.8 Å². The molecular weight excluding hydrogens is 462 g/mol. The van der Waals surface area contributed by atoms with Crippen LogP contribution in [0.4, 0.5) is 5.69 Å². The van der Waals surface area contributed by atoms with Gasteiger partial charge in [-0.3, -0.25) is 14.5 Å². The minimum Gasteiger partial charge on any atom is -0.496 e. The molecule has 0 aliphatic carbocycles. The summed E-state index contributed by atoms with van der Waals surface area (Å²) < 4.78 is 10.9. The number of rotatable bonds is 5. The second-order valence-corrected chi connectivity index (χ2v) is 9.94. The number of amidine groups is 1. The number of ether oxygens (including phenoxy) is 2. The highest BCUT2D eigenvalue weighted by Crippen LogP contribution is 2.36. The number of aryl methyl sites for hydroxylation is 1. The molecule has 0 saturated carbocycles. The molecule has 2 fully saturated rings. The number of morpholine rings is 1. The van der Waals surface area contributed by atoms with E-state index in [9.17, 15) is 9.59 Å². The quantitative estimate of drug-likeness (QED) is 0.558. The monoisotopic (exact) mass is 493 g/mol. The molecule has 0 aromatic heterocycles. The van der Waals surface area contributed by atoms with Crippen molar-refractivity contribution in [1.82, 2.24) is 9.80 Å². The Morgan fingerprint density at radius 1 is 1.20 bits per heavy atom. The van der Waals surface area contributed by atoms with Crippen LogP contribution < -0.4 is 4.74 Å². The van der Waals surface area contributed by atoms with Gasteiger partial charge in [-0.25, -0.2) is 4.99 Å². The molecule has 2 aromatic carbocycles. The third kappa shape index (κ3) is 5.44. The minimum atomic E-state index is -0.101. The van der Waals surface area contributed by atoms with E-state index in [1.54, 1.807) is 36.1 Å². The van der Waals surface area contributed by atoms with Crippen LogP contribution in [-0.2, 0) is 9.53 Å². The maximum atomic E-state index is 13.0. The number of likely N-dealkylation sites (N-methyl/N-ethyl adjacent to an activating group) is 1. The van der Waals surface area contributed by atoms with Crippen molar-refractivity contribution in [3.05, 3.63) is 63.6 Å². The first kappa shape index (κ1) is 25.0. The lowest BCUT2D eigenvalue weighted by molar-refractivity contribution is -0.121. The molecule has 2 aliphatic heterocycles. The summed E-state index contributed by atoms with van der Waals surface area (Å²) in [5.41, 5.74) is 4.34. The average molecular weight is 494 g/mol. The molecule has 0 N–H and O–H groups in total. The van der Waals surface area contributed by atoms with Crippen molar-refractivity contribution >= 4 is 40.5 Å². The third-order valence-corrected chi connectivity index (χ3v) is 7.21. The van der Waals surface area contributed by atoms with Crippen molar-refractivity contribution in [3.63, 3.8) is 0 Å². The molecule has 2 saturated heterocycles. The fraction of sp³-hybridized carbons (Fsp3) is 0.370. The van der Waals surface area contributed by atoms with E-state index in [2.05, 4.69) is 19.9 Å². The molecule has 2 aliphatic rings. The van der Waals surface area contributed by atoms with E-state index in [4.69, 9.17) is 14.5 Å². The number of nitrogens with zero attached hydrogens (tertiary/aromatic N) is 3. The van der Waals surface area contributed by atoms with E-state index in [-0.39, 0.29) is 11.8 Å². The molecule has 184 valence electrons. The van der Waals surface area contributed by atoms with Crippen LogP contribution in [0, 0.1) is 6.92 Å². The predicted octanol–water partition coefficient (Wildman–Crippen LogP) is 4.83. The summed E-state index contributed by atoms with van der Waals surface area (Å²) in [5, 5.41) is 0.576. The second kappa shape index (κ2) is 10.7. The van der Waals surface area contributed by atoms with Gasteiger partial charge in [0, 0.05) is 25.7 Å². The third-order valence-electron chi connectivity index (χ3n) is 6.15. The van der Waals surface area contributed by atoms with Gasteiger partial charge < -0.3 is 14.4 Å². The molecule has 0 spiro atoms. The SMILES string of the molecule is COc1cc(C)c(/C=C2/SC(=Nc3cccc(C(=O)N4CCOCC4)c3)N(C)C2=O)cc1C(C)C. The van der Waals surface area contributed by atoms with Crippen LogP contribution in [0.15, 0.2) is 46.3 Å². The zero-order valence-corrected chi connectivity index (χ0v) is 21.6. The van der Waals surface area contributed by atoms with Gasteiger partial charge >= 0.3 is 0 Å². The van der Waals surface area contributed by atoms with Crippen molar-refractivity contribution in [2.24, 2.45) is 4.99 Å². The molecule has 0 radical (unpaired) electrons. The number of hydrogen-bond acceptors (Lipinski definition) is 6. The molecule has 7 nitrogen and oxygen atoms in total. The summed E-state index contributed by atoms with van der Waals surface area (Å²) >= 11 is 1.34. The second-order valence-electron chi connectivity index (χ2n) is 8.93. The highest BCUT2D eigenvalue weighted by molar-refractivity contribution is 8.18. The number of amides is 2. The van der Waals surface area contributed by atoms with Crippen LogP contribution in [0.25, 0.3) is 6.08 Å². The summed E-state index contributed by atoms with van der Waals surface area (Å²) in [6.07, 6.45) is 1.92. The van der Waals surface area contributed by atoms with Gasteiger partial charge in [0.1, 0.15) is 5.75 Å². The Morgan fingerprint density at radius 2 is 1.94 bits per heavy atom. The maximum absolute atomic E-state index is 13.0. The molecule has 4 rings (SSSR count). The van der Waals surface area contributed by atoms with Crippen molar-refractivity contribution in [2.75, 3.05) is 40.5 Å². The first-order chi connectivity index (χ1) is 16.8. The van der Waals surface area contributed by atoms with Crippen molar-refractivity contribution < 1.29 is 19.1 Å². The van der Waals surface area contributed by atoms with E-state index in [0.29, 0.717) is 53.5 Å². The van der Waals surface area contributed by atoms with Gasteiger partial charge in [-0.2, -0.15) is 0 Å². The van der Waals surface area contributed by atoms with Crippen molar-refractivity contribution in [3.8, 4) is 5.75 Å². The molecule has 2 heterocycles. The maximum Gasteiger partial charge on any atom is 0.266 e. The minimum absolute atomic E-state index is 0.0321. The first-order valence-electron chi connectivity index (χ1n) is 11.7. The molecule has 0 atom stereocenters. The Balaban J connectivity index is 1.60. The molecule has 8 heteroatoms. The Labute approximate surface area is 210 Å². The van der Waals surface area contributed by atoms with Crippen molar-refractivity contribution in [2.45, 2.75) is 26.7 Å². The van der Waals surface area contributed by atoms with Gasteiger partial charge in [-0.1, -0.05) is 19.9 Å². The van der Waals surface area contributed by atoms with Gasteiger partial charge in [0.15, 0.2) is 5.17 Å². The van der Waals surface area contributed by atoms with E-state index in [1.165, 1.54) is 11.8 Å². The number of hydrogen-bond donors (Lipinski definition) is 0. The van der Waals surface area contributed by atoms with Gasteiger partial charge in [0.2, 0.25) is 0 Å². The first-order valence-corrected chi connectivity index (χ1v) is 12.5. The molecule has 2 amide bonds. The normalized spacial score (nSPS) is 18.7. The molecule has 35 heavy (non-hydrogen) atoms. The predicted molar refractivity (Wildman–Crippen MR) is 140 cm³/mol. The number of aliphatic imine (C=N–C) groups is 1. The zero-order valence-electron chi connectivity index (χ0n) is 20.8. The number of benzene rings is 2. The Morgan fingerprint density at radius 3 is 2.63 bits per heavy atom. The average Bonchev–Trinajstić information content (AvgIpc) is 3.12. The highest BCUT2D eigenvalue weighted by Gasteiger charge is 2.31. The lowest BCUT2D eigenvalue weighted by Crippen LogP contribution is -2.40. The Bertz CT molecular complexity index is 1200. The van der Waals surface area contributed by atoms with Crippen LogP contribution >= 0.6 is 11.8 Å². The molecule has 0 bridgehead atoms. The Kier molecular flexibility index (Phi) is 7.62. The highest BCUT2D eigenvalue weighted by atomic mass is 32.2. The van der Waals surface area contributed by atoms with E-state index in [0.717, 1.165) is 22.4 Å². The molecular formula is C27H31N3O4S. The molecule has 2 aromatic rings. The van der Waals surface area contributed by atoms with Crippen LogP contribution in [0.5, 0.6) is 5.75 Å². The van der Waals surface area contributed by atoms with Crippen LogP contribution in [0.2, 0.25) is 0 Å². The van der Waals surface area contributed by atoms with Gasteiger partial charge in [0.05, 0.1) is 30.9 Å². The zero-order chi connectivity index (χ0) is 25.1. The van der Waals surface area contributed by atoms with Gasteiger partial charge in [-0.05, 0) is 77.7 Å². The lowest BCUT2D eigenvalue weighted by atomic mass is 9.96. The number of methoxy groups -OCH3 is 1. The van der Waals surface area contributed by atoms with E-state index in [1.807, 2.05) is 31.2 Å². The summed E-state index contributed by atoms with van der Waals surface area (Å²) in [6.45, 7) is 8.53. The fourth-order valence-electron chi connectivity index (χ4n) is 4.06. The molecule has 0 unspecified atom stereocenters. The van der Waals surface area contributed by atoms with E-state index >= 15 is 0 Å². The number of carbonyl (C=O) groups excluding carboxylic acids is 2. The number of thioether (sulfide) groups is 1. The fourth-order valence-corrected chi connectivity index (χ4v) is 5.04. The van der Waals surface area contributed by atoms with Crippen molar-refractivity contribution in [1.29, 1.82) is 0 Å². The standard InChI is InChI=1S/C27H31N3O4S/c1-17(2)22-15-20(18(3)13-23(22)33-5)16-24-26(32)29(4)27(35-24)28-21-8-6-7-19(14-21)25(31)30-9-11-34-12-10-30/h6-8,13-17H,9-12H2,1-5H3/b24-16+,28-27?. The Hall–Kier alpha value is -3.10.